The molecule has 366 valence electrons. The molecule has 0 bridgehead atoms. The number of allylic oxidation sites excluding steroid dienone is 16. The van der Waals surface area contributed by atoms with E-state index in [-0.39, 0.29) is 25.2 Å². The predicted molar refractivity (Wildman–Crippen MR) is 279 cm³/mol. The predicted octanol–water partition coefficient (Wildman–Crippen LogP) is 18.0. The second kappa shape index (κ2) is 54.2. The van der Waals surface area contributed by atoms with Crippen LogP contribution in [-0.4, -0.2) is 36.4 Å². The minimum atomic E-state index is -0.780. The van der Waals surface area contributed by atoms with Gasteiger partial charge in [-0.25, -0.2) is 0 Å². The average Bonchev–Trinajstić information content (AvgIpc) is 3.30. The molecule has 0 saturated carbocycles. The summed E-state index contributed by atoms with van der Waals surface area (Å²) in [6.07, 6.45) is 76.6. The molecule has 0 aliphatic rings. The maximum Gasteiger partial charge on any atom is 0.306 e. The lowest BCUT2D eigenvalue weighted by molar-refractivity contribution is -0.161. The normalized spacial score (nSPS) is 13.0. The Kier molecular flexibility index (Phi) is 51.5. The Morgan fingerprint density at radius 3 is 0.938 bits per heavy atom. The highest BCUT2D eigenvalue weighted by Gasteiger charge is 2.16. The number of hydrogen-bond donors (Lipinski definition) is 1. The molecular weight excluding hydrogens is 789 g/mol. The quantitative estimate of drug-likeness (QED) is 0.0374. The number of carbonyl (C=O) groups excluding carboxylic acids is 2. The van der Waals surface area contributed by atoms with Crippen LogP contribution in [-0.2, 0) is 19.1 Å². The number of hydrogen-bond acceptors (Lipinski definition) is 5. The first-order valence-corrected chi connectivity index (χ1v) is 26.8. The van der Waals surface area contributed by atoms with Gasteiger partial charge in [0.1, 0.15) is 6.61 Å². The van der Waals surface area contributed by atoms with Crippen molar-refractivity contribution in [3.8, 4) is 0 Å². The van der Waals surface area contributed by atoms with Crippen molar-refractivity contribution in [1.82, 2.24) is 0 Å². The molecule has 0 aliphatic heterocycles. The first-order chi connectivity index (χ1) is 31.6. The highest BCUT2D eigenvalue weighted by molar-refractivity contribution is 5.70. The van der Waals surface area contributed by atoms with Crippen LogP contribution in [0.25, 0.3) is 0 Å². The summed E-state index contributed by atoms with van der Waals surface area (Å²) in [5.41, 5.74) is 0. The molecule has 0 rings (SSSR count). The molecule has 0 spiro atoms. The molecule has 0 radical (unpaired) electrons. The smallest absolute Gasteiger partial charge is 0.306 e. The van der Waals surface area contributed by atoms with Gasteiger partial charge in [-0.1, -0.05) is 239 Å². The number of carbonyl (C=O) groups is 2. The molecule has 5 heteroatoms. The van der Waals surface area contributed by atoms with Gasteiger partial charge in [0.05, 0.1) is 6.61 Å². The zero-order chi connectivity index (χ0) is 46.3. The topological polar surface area (TPSA) is 72.8 Å². The lowest BCUT2D eigenvalue weighted by Crippen LogP contribution is -2.28. The molecule has 1 unspecified atom stereocenters. The molecule has 0 aliphatic carbocycles. The lowest BCUT2D eigenvalue weighted by atomic mass is 10.0. The van der Waals surface area contributed by atoms with Crippen molar-refractivity contribution in [2.24, 2.45) is 0 Å². The molecule has 0 amide bonds. The molecule has 5 nitrogen and oxygen atoms in total. The summed E-state index contributed by atoms with van der Waals surface area (Å²) in [6.45, 7) is 3.92. The Labute approximate surface area is 396 Å². The maximum atomic E-state index is 12.3. The lowest BCUT2D eigenvalue weighted by Gasteiger charge is -2.15. The summed E-state index contributed by atoms with van der Waals surface area (Å²) in [6, 6.07) is 0. The third kappa shape index (κ3) is 51.5. The number of aliphatic hydroxyl groups excluding tert-OH is 1. The van der Waals surface area contributed by atoms with Gasteiger partial charge in [0, 0.05) is 12.8 Å². The Morgan fingerprint density at radius 1 is 0.359 bits per heavy atom. The third-order valence-corrected chi connectivity index (χ3v) is 11.4. The summed E-state index contributed by atoms with van der Waals surface area (Å²) in [5.74, 6) is -0.600. The van der Waals surface area contributed by atoms with Gasteiger partial charge in [-0.15, -0.1) is 0 Å². The summed E-state index contributed by atoms with van der Waals surface area (Å²) in [5, 5.41) is 9.63. The van der Waals surface area contributed by atoms with Crippen molar-refractivity contribution in [2.75, 3.05) is 13.2 Å². The molecule has 0 aromatic carbocycles. The Morgan fingerprint density at radius 2 is 0.625 bits per heavy atom. The molecule has 0 fully saturated rings. The minimum absolute atomic E-state index is 0.0734. The van der Waals surface area contributed by atoms with E-state index in [2.05, 4.69) is 111 Å². The van der Waals surface area contributed by atoms with Crippen LogP contribution in [0.4, 0.5) is 0 Å². The highest BCUT2D eigenvalue weighted by atomic mass is 16.6. The number of esters is 2. The molecule has 64 heavy (non-hydrogen) atoms. The van der Waals surface area contributed by atoms with Crippen molar-refractivity contribution in [1.29, 1.82) is 0 Å². The van der Waals surface area contributed by atoms with Gasteiger partial charge in [0.2, 0.25) is 0 Å². The first-order valence-electron chi connectivity index (χ1n) is 26.8. The van der Waals surface area contributed by atoms with E-state index in [0.717, 1.165) is 96.3 Å². The van der Waals surface area contributed by atoms with Crippen molar-refractivity contribution < 1.29 is 24.2 Å². The fraction of sp³-hybridized carbons (Fsp3) is 0.695. The van der Waals surface area contributed by atoms with E-state index in [1.807, 2.05) is 0 Å². The van der Waals surface area contributed by atoms with Crippen LogP contribution in [0.5, 0.6) is 0 Å². The van der Waals surface area contributed by atoms with Crippen LogP contribution in [0.15, 0.2) is 97.2 Å². The number of rotatable bonds is 48. The highest BCUT2D eigenvalue weighted by Crippen LogP contribution is 2.16. The van der Waals surface area contributed by atoms with Gasteiger partial charge < -0.3 is 14.6 Å². The number of aliphatic hydroxyl groups is 1. The number of unbranched alkanes of at least 4 members (excludes halogenated alkanes) is 24. The Hall–Kier alpha value is -3.18. The molecule has 0 aromatic rings. The van der Waals surface area contributed by atoms with E-state index in [4.69, 9.17) is 9.47 Å². The third-order valence-electron chi connectivity index (χ3n) is 11.4. The van der Waals surface area contributed by atoms with E-state index >= 15 is 0 Å². The summed E-state index contributed by atoms with van der Waals surface area (Å²) < 4.78 is 10.7. The minimum Gasteiger partial charge on any atom is -0.462 e. The summed E-state index contributed by atoms with van der Waals surface area (Å²) >= 11 is 0. The summed E-state index contributed by atoms with van der Waals surface area (Å²) in [7, 11) is 0. The Balaban J connectivity index is 3.48. The van der Waals surface area contributed by atoms with Crippen LogP contribution < -0.4 is 0 Å². The number of ether oxygens (including phenoxy) is 2. The second-order valence-electron chi connectivity index (χ2n) is 17.5. The standard InChI is InChI=1S/C59H100O5/c1-3-5-7-9-11-13-15-17-19-21-22-23-24-25-26-27-28-29-30-31-32-33-34-35-36-38-40-42-44-46-48-50-52-54-59(62)64-57(55-60)56-63-58(61)53-51-49-47-45-43-41-39-37-20-18-16-14-12-10-8-6-4-2/h5-8,11-14,17-20,22-23,25-26,57,60H,3-4,9-10,15-16,21,24,27-56H2,1-2H3/b7-5-,8-6-,13-11-,14-12-,19-17-,20-18-,23-22-,26-25-. The fourth-order valence-electron chi connectivity index (χ4n) is 7.42. The first kappa shape index (κ1) is 60.8. The average molecular weight is 889 g/mol. The molecular formula is C59H100O5. The van der Waals surface area contributed by atoms with E-state index in [1.165, 1.54) is 122 Å². The largest absolute Gasteiger partial charge is 0.462 e. The van der Waals surface area contributed by atoms with Gasteiger partial charge in [0.15, 0.2) is 6.10 Å². The van der Waals surface area contributed by atoms with E-state index in [9.17, 15) is 14.7 Å². The van der Waals surface area contributed by atoms with Crippen LogP contribution in [0.3, 0.4) is 0 Å². The monoisotopic (exact) mass is 889 g/mol. The van der Waals surface area contributed by atoms with Crippen molar-refractivity contribution >= 4 is 11.9 Å². The van der Waals surface area contributed by atoms with Crippen LogP contribution >= 0.6 is 0 Å². The second-order valence-corrected chi connectivity index (χ2v) is 17.5. The molecule has 1 atom stereocenters. The van der Waals surface area contributed by atoms with Crippen LogP contribution in [0.2, 0.25) is 0 Å². The zero-order valence-electron chi connectivity index (χ0n) is 41.8. The van der Waals surface area contributed by atoms with Crippen molar-refractivity contribution in [3.63, 3.8) is 0 Å². The van der Waals surface area contributed by atoms with Crippen molar-refractivity contribution in [2.45, 2.75) is 251 Å². The molecule has 0 aromatic heterocycles. The van der Waals surface area contributed by atoms with E-state index in [1.54, 1.807) is 0 Å². The zero-order valence-corrected chi connectivity index (χ0v) is 41.8. The van der Waals surface area contributed by atoms with E-state index in [0.29, 0.717) is 12.8 Å². The SMILES string of the molecule is CC/C=C\C/C=C\C/C=C\C/C=C\C/C=C\CCCCCCCCCCCCCCCCCCCC(=O)OC(CO)COC(=O)CCCCCCCCC/C=C\C/C=C\C/C=C\CC. The van der Waals surface area contributed by atoms with Gasteiger partial charge in [-0.3, -0.25) is 9.59 Å². The van der Waals surface area contributed by atoms with Crippen LogP contribution in [0, 0.1) is 0 Å². The van der Waals surface area contributed by atoms with E-state index < -0.39 is 6.10 Å². The van der Waals surface area contributed by atoms with Gasteiger partial charge in [-0.05, 0) is 89.9 Å². The molecule has 1 N–H and O–H groups in total. The van der Waals surface area contributed by atoms with Crippen LogP contribution in [0.1, 0.15) is 245 Å². The molecule has 0 saturated heterocycles. The molecule has 0 heterocycles. The van der Waals surface area contributed by atoms with Gasteiger partial charge in [-0.2, -0.15) is 0 Å². The fourth-order valence-corrected chi connectivity index (χ4v) is 7.42. The van der Waals surface area contributed by atoms with Gasteiger partial charge in [0.25, 0.3) is 0 Å². The van der Waals surface area contributed by atoms with Gasteiger partial charge >= 0.3 is 11.9 Å². The van der Waals surface area contributed by atoms with Crippen molar-refractivity contribution in [3.05, 3.63) is 97.2 Å². The Bertz CT molecular complexity index is 1230. The summed E-state index contributed by atoms with van der Waals surface area (Å²) in [4.78, 5) is 24.5. The maximum absolute atomic E-state index is 12.3.